The van der Waals surface area contributed by atoms with Crippen LogP contribution in [0.2, 0.25) is 5.02 Å². The first-order valence-corrected chi connectivity index (χ1v) is 46.0. The highest BCUT2D eigenvalue weighted by atomic mass is 35.5. The molecule has 0 fully saturated rings. The second-order valence-corrected chi connectivity index (χ2v) is 35.5. The summed E-state index contributed by atoms with van der Waals surface area (Å²) in [6.07, 6.45) is 0. The molecule has 6 aromatic heterocycles. The van der Waals surface area contributed by atoms with E-state index in [9.17, 15) is 0 Å². The molecule has 6 heterocycles. The smallest absolute Gasteiger partial charge is 0.135 e. The number of aromatic nitrogens is 2. The first-order chi connectivity index (χ1) is 64.8. The molecule has 0 unspecified atom stereocenters. The van der Waals surface area contributed by atoms with Gasteiger partial charge in [-0.3, -0.25) is 0 Å². The molecular formula is C120H79ClN6O2S2. The van der Waals surface area contributed by atoms with Crippen LogP contribution in [0, 0.1) is 0 Å². The zero-order valence-corrected chi connectivity index (χ0v) is 73.2. The number of nitrogens with zero attached hydrogens (tertiary/aromatic N) is 5. The van der Waals surface area contributed by atoms with Crippen LogP contribution in [0.15, 0.2) is 482 Å². The Balaban J connectivity index is 0.000000120. The summed E-state index contributed by atoms with van der Waals surface area (Å²) in [5.41, 5.74) is 27.2. The molecular weight excluding hydrogens is 1660 g/mol. The van der Waals surface area contributed by atoms with Crippen LogP contribution >= 0.6 is 34.3 Å². The summed E-state index contributed by atoms with van der Waals surface area (Å²) < 4.78 is 22.2. The van der Waals surface area contributed by atoms with E-state index in [4.69, 9.17) is 20.4 Å². The minimum Gasteiger partial charge on any atom is -0.456 e. The number of hydrogen-bond acceptors (Lipinski definition) is 8. The maximum Gasteiger partial charge on any atom is 0.135 e. The van der Waals surface area contributed by atoms with E-state index in [0.29, 0.717) is 0 Å². The lowest BCUT2D eigenvalue weighted by Gasteiger charge is -2.29. The predicted octanol–water partition coefficient (Wildman–Crippen LogP) is 35.9. The van der Waals surface area contributed by atoms with Gasteiger partial charge in [0.05, 0.1) is 22.1 Å². The summed E-state index contributed by atoms with van der Waals surface area (Å²) >= 11 is 10.1. The average molecular weight is 1740 g/mol. The SMILES string of the molecule is Clc1ccc2c(c1)c1cc(-c3ccc4oc5ccccc5c4c3)ccc1n2-c1ccccc1.c1ccc(N(c2ccccc2)c2cccc(N(c3ccc4sc5ccccc5c4c3)c3ccc4c(c3)c3cc(-c5ccc6oc7ccccc7c6c5)ccc3n4-c3ccccc3)c2)cc1.c1ccc(N(c2ccccc2)c2cccc(Nc3ccc4sc5ccccc5c4c3)c2)cc1. The van der Waals surface area contributed by atoms with Crippen molar-refractivity contribution in [3.8, 4) is 33.6 Å². The molecule has 0 saturated heterocycles. The maximum atomic E-state index is 6.42. The normalized spacial score (nSPS) is 11.5. The van der Waals surface area contributed by atoms with Crippen LogP contribution in [0.4, 0.5) is 62.6 Å². The number of fused-ring (bicyclic) bond motifs is 18. The Kier molecular flexibility index (Phi) is 19.9. The van der Waals surface area contributed by atoms with Gasteiger partial charge < -0.3 is 38.0 Å². The predicted molar refractivity (Wildman–Crippen MR) is 558 cm³/mol. The van der Waals surface area contributed by atoms with Crippen LogP contribution < -0.4 is 20.0 Å². The standard InChI is InChI=1S/C60H39N3OS.C30H18ClNO.C30H22N2S/c1-4-15-42(16-5-1)61(43-17-6-2-7-18-43)45-21-14-22-46(37-45)62(48-30-34-60-54(39-48)50-24-11-13-26-59(50)65-60)47-29-32-56-52(38-47)51-35-40(27-31-55(51)63(56)44-19-8-3-9-20-44)41-28-33-58-53(36-41)49-23-10-12-25-57(49)64-58;31-21-12-14-28-25(18-21)24-16-19(10-13-27(24)32(28)22-6-2-1-3-7-22)20-11-15-30-26(17-20)23-8-4-5-9-29(23)33-30;1-3-11-24(12-4-1)32(25-13-5-2-6-14-25)26-15-9-10-22(20-26)31-23-18-19-30-28(21-23)27-16-7-8-17-29(27)33-30/h1-39H;1-18H;1-21,31H. The highest BCUT2D eigenvalue weighted by molar-refractivity contribution is 7.26. The molecule has 8 nitrogen and oxygen atoms in total. The van der Waals surface area contributed by atoms with Gasteiger partial charge >= 0.3 is 0 Å². The molecule has 1 N–H and O–H groups in total. The van der Waals surface area contributed by atoms with Crippen LogP contribution in [0.25, 0.3) is 161 Å². The van der Waals surface area contributed by atoms with E-state index in [0.717, 1.165) is 161 Å². The number of halogens is 1. The van der Waals surface area contributed by atoms with Gasteiger partial charge in [-0.2, -0.15) is 0 Å². The van der Waals surface area contributed by atoms with Gasteiger partial charge in [-0.1, -0.05) is 230 Å². The average Bonchev–Trinajstić information content (AvgIpc) is 1.58. The molecule has 0 spiro atoms. The molecule has 0 aliphatic heterocycles. The van der Waals surface area contributed by atoms with Crippen molar-refractivity contribution < 1.29 is 8.83 Å². The third kappa shape index (κ3) is 14.6. The largest absolute Gasteiger partial charge is 0.456 e. The second kappa shape index (κ2) is 33.4. The van der Waals surface area contributed by atoms with Gasteiger partial charge in [0.25, 0.3) is 0 Å². The van der Waals surface area contributed by atoms with Crippen molar-refractivity contribution in [1.82, 2.24) is 9.13 Å². The van der Waals surface area contributed by atoms with E-state index in [-0.39, 0.29) is 0 Å². The Labute approximate surface area is 768 Å². The fraction of sp³-hybridized carbons (Fsp3) is 0. The highest BCUT2D eigenvalue weighted by Crippen LogP contribution is 2.48. The third-order valence-electron chi connectivity index (χ3n) is 25.0. The quantitative estimate of drug-likeness (QED) is 0.110. The minimum atomic E-state index is 0.742. The molecule has 0 atom stereocenters. The summed E-state index contributed by atoms with van der Waals surface area (Å²) in [5.74, 6) is 0. The Hall–Kier alpha value is -16.5. The number of hydrogen-bond donors (Lipinski definition) is 1. The lowest BCUT2D eigenvalue weighted by Crippen LogP contribution is -2.13. The summed E-state index contributed by atoms with van der Waals surface area (Å²) in [7, 11) is 0. The number of benzene rings is 20. The van der Waals surface area contributed by atoms with Crippen LogP contribution in [-0.2, 0) is 0 Å². The van der Waals surface area contributed by atoms with Crippen molar-refractivity contribution in [2.75, 3.05) is 20.0 Å². The van der Waals surface area contributed by atoms with E-state index in [1.807, 2.05) is 59.1 Å². The number of furan rings is 2. The van der Waals surface area contributed by atoms with Crippen molar-refractivity contribution in [3.05, 3.63) is 478 Å². The fourth-order valence-electron chi connectivity index (χ4n) is 19.0. The Morgan fingerprint density at radius 3 is 1.00 bits per heavy atom. The van der Waals surface area contributed by atoms with Crippen molar-refractivity contribution >= 4 is 225 Å². The summed E-state index contributed by atoms with van der Waals surface area (Å²) in [4.78, 5) is 7.04. The van der Waals surface area contributed by atoms with Gasteiger partial charge in [-0.25, -0.2) is 0 Å². The van der Waals surface area contributed by atoms with Crippen LogP contribution in [-0.4, -0.2) is 9.13 Å². The van der Waals surface area contributed by atoms with Crippen molar-refractivity contribution in [2.45, 2.75) is 0 Å². The van der Waals surface area contributed by atoms with Crippen molar-refractivity contribution in [1.29, 1.82) is 0 Å². The topological polar surface area (TPSA) is 57.9 Å². The molecule has 620 valence electrons. The monoisotopic (exact) mass is 1730 g/mol. The number of anilines is 11. The zero-order valence-electron chi connectivity index (χ0n) is 70.8. The van der Waals surface area contributed by atoms with E-state index in [1.54, 1.807) is 0 Å². The maximum absolute atomic E-state index is 6.42. The van der Waals surface area contributed by atoms with Crippen molar-refractivity contribution in [2.24, 2.45) is 0 Å². The summed E-state index contributed by atoms with van der Waals surface area (Å²) in [6, 6.07) is 168. The van der Waals surface area contributed by atoms with E-state index >= 15 is 0 Å². The van der Waals surface area contributed by atoms with Gasteiger partial charge in [-0.05, 0) is 277 Å². The van der Waals surface area contributed by atoms with Gasteiger partial charge in [-0.15, -0.1) is 22.7 Å². The lowest BCUT2D eigenvalue weighted by molar-refractivity contribution is 0.668. The minimum absolute atomic E-state index is 0.742. The van der Waals surface area contributed by atoms with E-state index in [1.165, 1.54) is 67.6 Å². The van der Waals surface area contributed by atoms with Gasteiger partial charge in [0, 0.05) is 162 Å². The van der Waals surface area contributed by atoms with Gasteiger partial charge in [0.15, 0.2) is 0 Å². The molecule has 26 rings (SSSR count). The van der Waals surface area contributed by atoms with Gasteiger partial charge in [0.2, 0.25) is 0 Å². The molecule has 11 heteroatoms. The number of para-hydroxylation sites is 8. The Morgan fingerprint density at radius 1 is 0.198 bits per heavy atom. The molecule has 0 saturated carbocycles. The molecule has 0 aliphatic carbocycles. The molecule has 0 bridgehead atoms. The Morgan fingerprint density at radius 2 is 0.511 bits per heavy atom. The third-order valence-corrected chi connectivity index (χ3v) is 27.5. The zero-order chi connectivity index (χ0) is 86.8. The van der Waals surface area contributed by atoms with Crippen LogP contribution in [0.1, 0.15) is 0 Å². The summed E-state index contributed by atoms with van der Waals surface area (Å²) in [6.45, 7) is 0. The number of thiophene rings is 2. The molecule has 0 radical (unpaired) electrons. The van der Waals surface area contributed by atoms with Gasteiger partial charge in [0.1, 0.15) is 22.3 Å². The van der Waals surface area contributed by atoms with Crippen LogP contribution in [0.5, 0.6) is 0 Å². The molecule has 26 aromatic rings. The van der Waals surface area contributed by atoms with Crippen molar-refractivity contribution in [3.63, 3.8) is 0 Å². The molecule has 20 aromatic carbocycles. The first kappa shape index (κ1) is 78.0. The van der Waals surface area contributed by atoms with Crippen LogP contribution in [0.3, 0.4) is 0 Å². The number of rotatable bonds is 15. The first-order valence-electron chi connectivity index (χ1n) is 44.0. The highest BCUT2D eigenvalue weighted by Gasteiger charge is 2.24. The number of nitrogens with one attached hydrogen (secondary N) is 1. The summed E-state index contributed by atoms with van der Waals surface area (Å²) in [5, 5.41) is 18.7. The Bertz CT molecular complexity index is 8730. The molecule has 0 amide bonds. The fourth-order valence-corrected chi connectivity index (χ4v) is 21.3. The van der Waals surface area contributed by atoms with E-state index < -0.39 is 0 Å². The molecule has 0 aliphatic rings. The lowest BCUT2D eigenvalue weighted by atomic mass is 10.0. The molecule has 131 heavy (non-hydrogen) atoms. The second-order valence-electron chi connectivity index (χ2n) is 32.9. The van der Waals surface area contributed by atoms with E-state index in [2.05, 4.69) is 466 Å².